The van der Waals surface area contributed by atoms with E-state index in [0.29, 0.717) is 11.4 Å². The summed E-state index contributed by atoms with van der Waals surface area (Å²) in [5.41, 5.74) is 6.07. The molecule has 0 amide bonds. The molecule has 8 nitrogen and oxygen atoms in total. The fourth-order valence-electron chi connectivity index (χ4n) is 1.65. The quantitative estimate of drug-likeness (QED) is 0.396. The standard InChI is InChI=1S/C8H9NO4.C8H11NO2.CH4.H2/c10-5-6-13-8-4-2-1-3-7(8)9(11)12;9-7-3-1-2-4-8(7)11-6-5-10;;/h1-4,10H,5-6H2;1-4,10H,5-6,9H2;1H4;1H. The summed E-state index contributed by atoms with van der Waals surface area (Å²) in [6, 6.07) is 13.2. The van der Waals surface area contributed by atoms with Crippen molar-refractivity contribution in [3.05, 3.63) is 58.6 Å². The van der Waals surface area contributed by atoms with Crippen molar-refractivity contribution in [1.29, 1.82) is 0 Å². The number of nitrogen functional groups attached to an aromatic ring is 1. The molecular formula is C17H26N2O6. The van der Waals surface area contributed by atoms with Crippen LogP contribution in [0.1, 0.15) is 8.85 Å². The highest BCUT2D eigenvalue weighted by Crippen LogP contribution is 2.25. The molecule has 0 aliphatic rings. The largest absolute Gasteiger partial charge is 0.489 e. The van der Waals surface area contributed by atoms with Crippen LogP contribution >= 0.6 is 0 Å². The van der Waals surface area contributed by atoms with E-state index in [1.54, 1.807) is 24.3 Å². The van der Waals surface area contributed by atoms with Crippen LogP contribution in [0.15, 0.2) is 48.5 Å². The topological polar surface area (TPSA) is 128 Å². The van der Waals surface area contributed by atoms with Crippen molar-refractivity contribution in [1.82, 2.24) is 0 Å². The summed E-state index contributed by atoms with van der Waals surface area (Å²) < 4.78 is 10.1. The normalized spacial score (nSPS) is 9.20. The molecule has 0 saturated carbocycles. The van der Waals surface area contributed by atoms with Crippen LogP contribution in [0, 0.1) is 10.1 Å². The third kappa shape index (κ3) is 8.00. The number of nitro benzene ring substituents is 1. The molecule has 0 unspecified atom stereocenters. The van der Waals surface area contributed by atoms with Crippen molar-refractivity contribution in [2.75, 3.05) is 32.2 Å². The maximum atomic E-state index is 10.4. The molecule has 0 atom stereocenters. The second-order valence-corrected chi connectivity index (χ2v) is 4.41. The van der Waals surface area contributed by atoms with Gasteiger partial charge in [-0.3, -0.25) is 10.1 Å². The highest BCUT2D eigenvalue weighted by molar-refractivity contribution is 5.51. The predicted molar refractivity (Wildman–Crippen MR) is 98.0 cm³/mol. The summed E-state index contributed by atoms with van der Waals surface area (Å²) in [6.07, 6.45) is 0. The zero-order valence-corrected chi connectivity index (χ0v) is 13.0. The lowest BCUT2D eigenvalue weighted by atomic mass is 10.3. The molecule has 4 N–H and O–H groups in total. The molecule has 2 aromatic rings. The molecule has 140 valence electrons. The first kappa shape index (κ1) is 22.2. The van der Waals surface area contributed by atoms with Crippen molar-refractivity contribution in [2.45, 2.75) is 7.43 Å². The lowest BCUT2D eigenvalue weighted by Crippen LogP contribution is -2.03. The van der Waals surface area contributed by atoms with Crippen LogP contribution < -0.4 is 15.2 Å². The predicted octanol–water partition coefficient (Wildman–Crippen LogP) is 2.49. The highest BCUT2D eigenvalue weighted by atomic mass is 16.6. The van der Waals surface area contributed by atoms with Crippen LogP contribution in [-0.4, -0.2) is 41.6 Å². The van der Waals surface area contributed by atoms with Gasteiger partial charge in [-0.15, -0.1) is 0 Å². The van der Waals surface area contributed by atoms with Crippen molar-refractivity contribution in [3.63, 3.8) is 0 Å². The molecule has 0 aromatic heterocycles. The Bertz CT molecular complexity index is 642. The number of hydrogen-bond acceptors (Lipinski definition) is 7. The lowest BCUT2D eigenvalue weighted by molar-refractivity contribution is -0.385. The first-order valence-electron chi connectivity index (χ1n) is 7.15. The van der Waals surface area contributed by atoms with Gasteiger partial charge >= 0.3 is 5.69 Å². The number of nitrogens with two attached hydrogens (primary N) is 1. The second-order valence-electron chi connectivity index (χ2n) is 4.41. The smallest absolute Gasteiger partial charge is 0.310 e. The molecule has 0 heterocycles. The minimum absolute atomic E-state index is 0. The number of anilines is 1. The van der Waals surface area contributed by atoms with Crippen LogP contribution in [0.2, 0.25) is 0 Å². The fourth-order valence-corrected chi connectivity index (χ4v) is 1.65. The molecule has 0 aliphatic carbocycles. The van der Waals surface area contributed by atoms with Gasteiger partial charge < -0.3 is 25.4 Å². The van der Waals surface area contributed by atoms with Crippen LogP contribution in [0.3, 0.4) is 0 Å². The highest BCUT2D eigenvalue weighted by Gasteiger charge is 2.12. The van der Waals surface area contributed by atoms with Gasteiger partial charge in [-0.25, -0.2) is 0 Å². The van der Waals surface area contributed by atoms with Gasteiger partial charge in [-0.05, 0) is 18.2 Å². The summed E-state index contributed by atoms with van der Waals surface area (Å²) >= 11 is 0. The summed E-state index contributed by atoms with van der Waals surface area (Å²) in [5.74, 6) is 0.808. The van der Waals surface area contributed by atoms with Gasteiger partial charge in [0.15, 0.2) is 5.75 Å². The fraction of sp³-hybridized carbons (Fsp3) is 0.294. The van der Waals surface area contributed by atoms with Crippen LogP contribution in [0.5, 0.6) is 11.5 Å². The zero-order valence-electron chi connectivity index (χ0n) is 13.0. The monoisotopic (exact) mass is 354 g/mol. The van der Waals surface area contributed by atoms with Gasteiger partial charge in [-0.1, -0.05) is 31.7 Å². The van der Waals surface area contributed by atoms with E-state index >= 15 is 0 Å². The van der Waals surface area contributed by atoms with Gasteiger partial charge in [0, 0.05) is 7.49 Å². The Hall–Kier alpha value is -2.84. The Kier molecular flexibility index (Phi) is 11.1. The zero-order chi connectivity index (χ0) is 17.8. The Balaban J connectivity index is 0. The van der Waals surface area contributed by atoms with E-state index in [2.05, 4.69) is 0 Å². The number of para-hydroxylation sites is 4. The van der Waals surface area contributed by atoms with E-state index < -0.39 is 4.92 Å². The van der Waals surface area contributed by atoms with Crippen LogP contribution in [0.25, 0.3) is 0 Å². The number of nitrogens with zero attached hydrogens (tertiary/aromatic N) is 1. The molecule has 0 saturated heterocycles. The first-order valence-corrected chi connectivity index (χ1v) is 7.15. The van der Waals surface area contributed by atoms with Crippen molar-refractivity contribution < 1.29 is 26.0 Å². The Morgan fingerprint density at radius 1 is 0.960 bits per heavy atom. The maximum absolute atomic E-state index is 10.4. The van der Waals surface area contributed by atoms with E-state index in [0.717, 1.165) is 0 Å². The molecule has 0 bridgehead atoms. The van der Waals surface area contributed by atoms with E-state index in [1.165, 1.54) is 12.1 Å². The molecule has 25 heavy (non-hydrogen) atoms. The molecule has 0 fully saturated rings. The molecule has 2 aromatic carbocycles. The number of benzene rings is 2. The molecule has 2 rings (SSSR count). The molecule has 0 radical (unpaired) electrons. The van der Waals surface area contributed by atoms with Crippen LogP contribution in [0.4, 0.5) is 11.4 Å². The van der Waals surface area contributed by atoms with Crippen molar-refractivity contribution >= 4 is 11.4 Å². The number of nitro groups is 1. The average molecular weight is 354 g/mol. The average Bonchev–Trinajstić information content (AvgIpc) is 2.60. The Morgan fingerprint density at radius 3 is 1.96 bits per heavy atom. The number of ether oxygens (including phenoxy) is 2. The summed E-state index contributed by atoms with van der Waals surface area (Å²) in [5, 5.41) is 27.4. The second kappa shape index (κ2) is 12.6. The lowest BCUT2D eigenvalue weighted by Gasteiger charge is -2.05. The first-order chi connectivity index (χ1) is 11.6. The minimum Gasteiger partial charge on any atom is -0.489 e. The van der Waals surface area contributed by atoms with Crippen LogP contribution in [-0.2, 0) is 0 Å². The molecule has 8 heteroatoms. The molecule has 0 aliphatic heterocycles. The van der Waals surface area contributed by atoms with E-state index in [9.17, 15) is 10.1 Å². The van der Waals surface area contributed by atoms with Gasteiger partial charge in [0.05, 0.1) is 23.8 Å². The van der Waals surface area contributed by atoms with Crippen molar-refractivity contribution in [2.24, 2.45) is 0 Å². The number of aliphatic hydroxyl groups is 2. The third-order valence-corrected chi connectivity index (χ3v) is 2.68. The SMILES string of the molecule is C.Nc1ccccc1OCCO.O=[N+]([O-])c1ccccc1OCCO.[HH]. The maximum Gasteiger partial charge on any atom is 0.310 e. The van der Waals surface area contributed by atoms with Gasteiger partial charge in [0.25, 0.3) is 0 Å². The summed E-state index contributed by atoms with van der Waals surface area (Å²) in [6.45, 7) is 0.194. The number of hydrogen-bond donors (Lipinski definition) is 3. The third-order valence-electron chi connectivity index (χ3n) is 2.68. The van der Waals surface area contributed by atoms with E-state index in [1.807, 2.05) is 12.1 Å². The summed E-state index contributed by atoms with van der Waals surface area (Å²) in [7, 11) is 0. The van der Waals surface area contributed by atoms with Gasteiger partial charge in [-0.2, -0.15) is 0 Å². The minimum atomic E-state index is -0.521. The van der Waals surface area contributed by atoms with Gasteiger partial charge in [0.1, 0.15) is 19.0 Å². The van der Waals surface area contributed by atoms with E-state index in [-0.39, 0.29) is 46.7 Å². The van der Waals surface area contributed by atoms with Crippen molar-refractivity contribution in [3.8, 4) is 11.5 Å². The number of aliphatic hydroxyl groups excluding tert-OH is 2. The number of rotatable bonds is 7. The molecule has 0 spiro atoms. The Labute approximate surface area is 148 Å². The Morgan fingerprint density at radius 2 is 1.44 bits per heavy atom. The van der Waals surface area contributed by atoms with Gasteiger partial charge in [0.2, 0.25) is 0 Å². The molecular weight excluding hydrogens is 328 g/mol. The summed E-state index contributed by atoms with van der Waals surface area (Å²) in [4.78, 5) is 9.93. The van der Waals surface area contributed by atoms with E-state index in [4.69, 9.17) is 25.4 Å².